The van der Waals surface area contributed by atoms with Crippen molar-refractivity contribution < 1.29 is 77.8 Å². The third-order valence-corrected chi connectivity index (χ3v) is 15.2. The van der Waals surface area contributed by atoms with E-state index in [0.29, 0.717) is 51.2 Å². The number of alkyl halides is 7. The Hall–Kier alpha value is -7.53. The zero-order valence-corrected chi connectivity index (χ0v) is 58.0. The van der Waals surface area contributed by atoms with Crippen LogP contribution >= 0.6 is 42.9 Å². The summed E-state index contributed by atoms with van der Waals surface area (Å²) in [5.74, 6) is -1.39. The molecule has 6 aromatic heterocycles. The van der Waals surface area contributed by atoms with Gasteiger partial charge in [-0.25, -0.2) is 22.5 Å². The number of hydrogen-bond donors (Lipinski definition) is 7. The van der Waals surface area contributed by atoms with Gasteiger partial charge in [0.15, 0.2) is 0 Å². The molecule has 1 amide bonds. The van der Waals surface area contributed by atoms with Crippen molar-refractivity contribution in [1.82, 2.24) is 60.7 Å². The van der Waals surface area contributed by atoms with Crippen LogP contribution in [0.4, 0.5) is 43.9 Å². The van der Waals surface area contributed by atoms with Crippen LogP contribution < -0.4 is 21.7 Å². The van der Waals surface area contributed by atoms with E-state index in [9.17, 15) is 53.8 Å². The predicted molar refractivity (Wildman–Crippen MR) is 370 cm³/mol. The van der Waals surface area contributed by atoms with Crippen LogP contribution in [-0.4, -0.2) is 107 Å². The van der Waals surface area contributed by atoms with Gasteiger partial charge in [0.05, 0.1) is 96.2 Å². The summed E-state index contributed by atoms with van der Waals surface area (Å²) in [4.78, 5) is 24.8. The van der Waals surface area contributed by atoms with E-state index < -0.39 is 36.5 Å². The maximum atomic E-state index is 13.2. The van der Waals surface area contributed by atoms with Crippen LogP contribution in [0, 0.1) is 21.0 Å². The summed E-state index contributed by atoms with van der Waals surface area (Å²) in [6.45, 7) is 1.86. The van der Waals surface area contributed by atoms with E-state index in [4.69, 9.17) is 16.9 Å². The Morgan fingerprint density at radius 3 is 1.55 bits per heavy atom. The summed E-state index contributed by atoms with van der Waals surface area (Å²) >= 11 is 8.00. The summed E-state index contributed by atoms with van der Waals surface area (Å²) in [6, 6.07) is 34.6. The van der Waals surface area contributed by atoms with Gasteiger partial charge in [-0.15, -0.1) is 0 Å². The molecule has 2 fully saturated rings. The van der Waals surface area contributed by atoms with E-state index in [1.165, 1.54) is 106 Å². The molecule has 13 rings (SSSR count). The molecule has 98 heavy (non-hydrogen) atoms. The maximum absolute atomic E-state index is 13.2. The number of carbonyl (C=O) groups excluding carboxylic acids is 1. The number of nitrogens with two attached hydrogens (primary N) is 1. The molecule has 11 aromatic rings. The number of hydrogen-bond acceptors (Lipinski definition) is 13. The predicted octanol–water partition coefficient (Wildman–Crippen LogP) is 14.6. The van der Waals surface area contributed by atoms with Crippen molar-refractivity contribution >= 4 is 81.6 Å². The fourth-order valence-corrected chi connectivity index (χ4v) is 10.0. The number of aliphatic hydroxyl groups is 2. The zero-order valence-electron chi connectivity index (χ0n) is 53.8. The number of pyridine rings is 3. The van der Waals surface area contributed by atoms with Gasteiger partial charge in [0.25, 0.3) is 5.91 Å². The number of nitrogens with zero attached hydrogens (tertiary/aromatic N) is 8. The van der Waals surface area contributed by atoms with E-state index in [2.05, 4.69) is 101 Å². The number of rotatable bonds is 10. The van der Waals surface area contributed by atoms with Gasteiger partial charge in [-0.05, 0) is 183 Å². The molecule has 5 aromatic carbocycles. The second-order valence-electron chi connectivity index (χ2n) is 20.9. The second-order valence-corrected chi connectivity index (χ2v) is 22.1. The molecule has 0 spiro atoms. The monoisotopic (exact) mass is 1640 g/mol. The molecular weight excluding hydrogens is 1570 g/mol. The average Bonchev–Trinajstić information content (AvgIpc) is 1.66. The second kappa shape index (κ2) is 42.4. The molecule has 1 saturated carbocycles. The van der Waals surface area contributed by atoms with Gasteiger partial charge in [0.1, 0.15) is 23.1 Å². The number of nitrogens with one attached hydrogen (secondary N) is 4. The van der Waals surface area contributed by atoms with Crippen LogP contribution in [0.1, 0.15) is 84.0 Å². The van der Waals surface area contributed by atoms with Crippen molar-refractivity contribution in [3.8, 4) is 11.4 Å². The Bertz CT molecular complexity index is 4100. The Labute approximate surface area is 593 Å². The quantitative estimate of drug-likeness (QED) is 0.0384. The van der Waals surface area contributed by atoms with Gasteiger partial charge in [0, 0.05) is 71.3 Å². The van der Waals surface area contributed by atoms with Crippen molar-refractivity contribution in [2.24, 2.45) is 5.73 Å². The Kier molecular flexibility index (Phi) is 34.4. The molecule has 528 valence electrons. The number of carbonyl (C=O) groups is 1. The number of H-pyrrole nitrogens is 1. The van der Waals surface area contributed by atoms with Gasteiger partial charge in [0.2, 0.25) is 0 Å². The molecule has 30 heteroatoms. The summed E-state index contributed by atoms with van der Waals surface area (Å²) in [5, 5.41) is 44.6. The minimum absolute atomic E-state index is 0.0448. The van der Waals surface area contributed by atoms with Crippen LogP contribution in [0.15, 0.2) is 177 Å². The Balaban J connectivity index is 0.000000220. The molecule has 7 heterocycles. The van der Waals surface area contributed by atoms with Crippen molar-refractivity contribution in [2.75, 3.05) is 34.5 Å². The molecule has 2 aliphatic rings. The summed E-state index contributed by atoms with van der Waals surface area (Å²) in [6.07, 6.45) is 8.76. The van der Waals surface area contributed by atoms with Crippen LogP contribution in [0.2, 0.25) is 0 Å². The van der Waals surface area contributed by atoms with Gasteiger partial charge in [-0.1, -0.05) is 43.2 Å². The van der Waals surface area contributed by atoms with Crippen molar-refractivity contribution in [3.63, 3.8) is 0 Å². The molecule has 1 aliphatic carbocycles. The standard InChI is InChI=1S/C21H14F4N4O.C13H10FN3O.C8H8F3N.C8H18N2.C7H7N3O.C6H4FI.C4H8O.CH3F.Cu.HI/c22-15-4-6-16(7-5-15)29-18-8-9-26-19(17(18)12-28-29)20(30)27-11-13-2-1-3-14(10-13)21(23,24)25;14-9-1-3-10(4-2-9)17-13-5-6-15-12(8-18)11(13)7-16-17;9-8(10,11)7-3-1-2-6(4-7)5-12;1-9-7-5-3-4-6-8(7)10-2;11-4-7-5-3-9-10-6(5)1-2-8-7;7-5-1-3-6(8)4-2-5;1-2-4-5-3-1;1-2;;/h1-10,12H,11H2,(H,27,30);1-7,18H,8H2;1-4H,5,12H2;7-10H,3-6H2,1-2H3;1-3,11H,4H2,(H,9,10);1-4H;1-4H2;1H3;;1H/q;;;;;;;;+1;/p-1/i;;;;;;;1D;;. The van der Waals surface area contributed by atoms with Crippen LogP contribution in [0.3, 0.4) is 0 Å². The number of halogens is 12. The van der Waals surface area contributed by atoms with E-state index in [-0.39, 0.29) is 49.4 Å². The molecule has 0 radical (unpaired) electrons. The molecule has 17 nitrogen and oxygen atoms in total. The summed E-state index contributed by atoms with van der Waals surface area (Å²) in [5.41, 5.74) is 9.60. The van der Waals surface area contributed by atoms with E-state index in [1.54, 1.807) is 103 Å². The Morgan fingerprint density at radius 1 is 0.643 bits per heavy atom. The zero-order chi connectivity index (χ0) is 72.3. The third-order valence-electron chi connectivity index (χ3n) is 14.5. The molecule has 2 atom stereocenters. The van der Waals surface area contributed by atoms with E-state index >= 15 is 0 Å². The summed E-state index contributed by atoms with van der Waals surface area (Å²) in [7, 11) is 3.11. The molecule has 2 unspecified atom stereocenters. The molecular formula is C68H72CuF10I2N13O4. The number of ether oxygens (including phenoxy) is 1. The first-order valence-corrected chi connectivity index (χ1v) is 34.0. The van der Waals surface area contributed by atoms with Crippen LogP contribution in [0.25, 0.3) is 44.1 Å². The van der Waals surface area contributed by atoms with Crippen LogP contribution in [0.5, 0.6) is 0 Å². The van der Waals surface area contributed by atoms with Crippen LogP contribution in [-0.2, 0) is 56.2 Å². The molecule has 1 aliphatic heterocycles. The third kappa shape index (κ3) is 25.3. The van der Waals surface area contributed by atoms with Crippen molar-refractivity contribution in [1.29, 1.82) is 0 Å². The fourth-order valence-electron chi connectivity index (χ4n) is 9.65. The molecule has 1 saturated heterocycles. The number of benzene rings is 5. The first-order valence-electron chi connectivity index (χ1n) is 30.6. The number of aromatic nitrogens is 9. The average molecular weight is 1640 g/mol. The number of aromatic amines is 1. The minimum atomic E-state index is -4.46. The SMILES string of the molecule is C1CCOC1.CNC1CCCCC1NC.Fc1ccc(I)cc1.NCc1cccc(C(F)(F)F)c1.O=C(NCc1cccc(C(F)(F)F)c1)c1nccc2c1cnn2-c1ccc(F)cc1.OCc1nccc2[nH]ncc12.OCc1nccc2c1cnn2-c1ccc(F)cc1.[2H]CF.[Cu][I]. The van der Waals surface area contributed by atoms with Gasteiger partial charge in [-0.2, -0.15) is 41.6 Å². The van der Waals surface area contributed by atoms with Gasteiger partial charge >= 0.3 is 45.5 Å². The number of likely N-dealkylation sites (N-methyl/N-ethyl adjacent to an activating group) is 2. The normalized spacial score (nSPS) is 13.9. The fraction of sp³-hybridized carbons (Fsp3) is 0.279. The molecule has 8 N–H and O–H groups in total. The number of aliphatic hydroxyl groups excluding tert-OH is 2. The molecule has 0 bridgehead atoms. The van der Waals surface area contributed by atoms with E-state index in [1.807, 2.05) is 12.1 Å². The van der Waals surface area contributed by atoms with Gasteiger partial charge < -0.3 is 36.6 Å². The van der Waals surface area contributed by atoms with Crippen molar-refractivity contribution in [3.05, 3.63) is 237 Å². The number of fused-ring (bicyclic) bond motifs is 3. The number of amides is 1. The Morgan fingerprint density at radius 2 is 1.09 bits per heavy atom. The topological polar surface area (TPSA) is 232 Å². The summed E-state index contributed by atoms with van der Waals surface area (Å²) < 4.78 is 138. The van der Waals surface area contributed by atoms with Gasteiger partial charge in [-0.3, -0.25) is 29.2 Å². The first-order chi connectivity index (χ1) is 47.7. The van der Waals surface area contributed by atoms with Crippen molar-refractivity contribution in [2.45, 2.75) is 89.3 Å². The van der Waals surface area contributed by atoms with E-state index in [0.717, 1.165) is 68.5 Å². The first kappa shape index (κ1) is 79.5.